The van der Waals surface area contributed by atoms with Gasteiger partial charge in [-0.1, -0.05) is 30.3 Å². The number of methoxy groups -OCH3 is 1. The summed E-state index contributed by atoms with van der Waals surface area (Å²) < 4.78 is 16.4. The van der Waals surface area contributed by atoms with Gasteiger partial charge >= 0.3 is 0 Å². The highest BCUT2D eigenvalue weighted by Gasteiger charge is 2.15. The molecule has 0 aliphatic heterocycles. The van der Waals surface area contributed by atoms with E-state index in [1.807, 2.05) is 31.2 Å². The summed E-state index contributed by atoms with van der Waals surface area (Å²) in [5, 5.41) is 3.41. The molecular formula is C22H21NO5. The van der Waals surface area contributed by atoms with Crippen molar-refractivity contribution in [2.45, 2.75) is 6.92 Å². The lowest BCUT2D eigenvalue weighted by Gasteiger charge is -2.10. The van der Waals surface area contributed by atoms with Gasteiger partial charge in [0.15, 0.2) is 23.9 Å². The first kappa shape index (κ1) is 19.2. The Labute approximate surface area is 162 Å². The number of hydrogen-bond donors (Lipinski definition) is 1. The molecule has 2 aromatic carbocycles. The summed E-state index contributed by atoms with van der Waals surface area (Å²) in [6.45, 7) is 1.76. The standard InChI is InChI=1S/C22H21NO5/c1-14-16-6-4-5-7-18(16)28-22(14)17(24)10-8-15-9-11-19(20(12-15)26-3)27-13-21(25)23-2/h4-12H,13H2,1-3H3,(H,23,25)/b10-8+. The third kappa shape index (κ3) is 4.06. The lowest BCUT2D eigenvalue weighted by atomic mass is 10.1. The molecule has 1 N–H and O–H groups in total. The topological polar surface area (TPSA) is 77.8 Å². The SMILES string of the molecule is CNC(=O)COc1ccc(/C=C/C(=O)c2oc3ccccc3c2C)cc1OC. The van der Waals surface area contributed by atoms with Gasteiger partial charge in [-0.25, -0.2) is 0 Å². The van der Waals surface area contributed by atoms with Crippen molar-refractivity contribution in [2.75, 3.05) is 20.8 Å². The van der Waals surface area contributed by atoms with E-state index in [0.29, 0.717) is 22.8 Å². The van der Waals surface area contributed by atoms with Gasteiger partial charge in [0.2, 0.25) is 5.78 Å². The fraction of sp³-hybridized carbons (Fsp3) is 0.182. The van der Waals surface area contributed by atoms with E-state index in [1.165, 1.54) is 20.2 Å². The van der Waals surface area contributed by atoms with E-state index in [1.54, 1.807) is 24.3 Å². The van der Waals surface area contributed by atoms with Crippen molar-refractivity contribution < 1.29 is 23.5 Å². The van der Waals surface area contributed by atoms with Gasteiger partial charge in [0.25, 0.3) is 5.91 Å². The van der Waals surface area contributed by atoms with Gasteiger partial charge in [-0.15, -0.1) is 0 Å². The molecular weight excluding hydrogens is 358 g/mol. The van der Waals surface area contributed by atoms with Crippen molar-refractivity contribution in [3.63, 3.8) is 0 Å². The maximum absolute atomic E-state index is 12.6. The number of furan rings is 1. The lowest BCUT2D eigenvalue weighted by molar-refractivity contribution is -0.122. The largest absolute Gasteiger partial charge is 0.493 e. The van der Waals surface area contributed by atoms with E-state index >= 15 is 0 Å². The molecule has 1 amide bonds. The molecule has 0 bridgehead atoms. The molecule has 3 rings (SSSR count). The number of allylic oxidation sites excluding steroid dienone is 1. The Kier molecular flexibility index (Phi) is 5.79. The zero-order valence-electron chi connectivity index (χ0n) is 15.9. The number of hydrogen-bond acceptors (Lipinski definition) is 5. The van der Waals surface area contributed by atoms with Gasteiger partial charge in [-0.2, -0.15) is 0 Å². The number of amides is 1. The number of likely N-dealkylation sites (N-methyl/N-ethyl adjacent to an activating group) is 1. The number of rotatable bonds is 7. The fourth-order valence-corrected chi connectivity index (χ4v) is 2.78. The number of ketones is 1. The number of carbonyl (C=O) groups is 2. The van der Waals surface area contributed by atoms with Crippen LogP contribution in [0.25, 0.3) is 17.0 Å². The van der Waals surface area contributed by atoms with Gasteiger partial charge < -0.3 is 19.2 Å². The van der Waals surface area contributed by atoms with Crippen LogP contribution in [0.2, 0.25) is 0 Å². The molecule has 0 saturated carbocycles. The fourth-order valence-electron chi connectivity index (χ4n) is 2.78. The minimum Gasteiger partial charge on any atom is -0.493 e. The molecule has 28 heavy (non-hydrogen) atoms. The molecule has 1 aromatic heterocycles. The minimum absolute atomic E-state index is 0.105. The Morgan fingerprint density at radius 2 is 1.93 bits per heavy atom. The van der Waals surface area contributed by atoms with Crippen molar-refractivity contribution in [3.05, 3.63) is 65.4 Å². The third-order valence-electron chi connectivity index (χ3n) is 4.32. The number of fused-ring (bicyclic) bond motifs is 1. The van der Waals surface area contributed by atoms with E-state index in [4.69, 9.17) is 13.9 Å². The van der Waals surface area contributed by atoms with Crippen LogP contribution in [0.5, 0.6) is 11.5 Å². The van der Waals surface area contributed by atoms with Crippen LogP contribution >= 0.6 is 0 Å². The van der Waals surface area contributed by atoms with Crippen LogP contribution < -0.4 is 14.8 Å². The van der Waals surface area contributed by atoms with Gasteiger partial charge in [-0.05, 0) is 36.8 Å². The smallest absolute Gasteiger partial charge is 0.257 e. The molecule has 144 valence electrons. The molecule has 0 aliphatic rings. The highest BCUT2D eigenvalue weighted by molar-refractivity contribution is 6.08. The van der Waals surface area contributed by atoms with Crippen molar-refractivity contribution in [1.82, 2.24) is 5.32 Å². The van der Waals surface area contributed by atoms with Crippen molar-refractivity contribution >= 4 is 28.7 Å². The molecule has 6 nitrogen and oxygen atoms in total. The summed E-state index contributed by atoms with van der Waals surface area (Å²) in [4.78, 5) is 23.9. The molecule has 0 spiro atoms. The first-order valence-corrected chi connectivity index (χ1v) is 8.75. The highest BCUT2D eigenvalue weighted by atomic mass is 16.5. The summed E-state index contributed by atoms with van der Waals surface area (Å²) in [5.41, 5.74) is 2.27. The lowest BCUT2D eigenvalue weighted by Crippen LogP contribution is -2.24. The van der Waals surface area contributed by atoms with E-state index in [-0.39, 0.29) is 18.3 Å². The van der Waals surface area contributed by atoms with E-state index < -0.39 is 0 Å². The van der Waals surface area contributed by atoms with Crippen molar-refractivity contribution in [3.8, 4) is 11.5 Å². The number of benzene rings is 2. The Balaban J connectivity index is 1.78. The summed E-state index contributed by atoms with van der Waals surface area (Å²) in [6.07, 6.45) is 3.14. The summed E-state index contributed by atoms with van der Waals surface area (Å²) >= 11 is 0. The normalized spacial score (nSPS) is 11.0. The minimum atomic E-state index is -0.238. The molecule has 0 saturated heterocycles. The average Bonchev–Trinajstić information content (AvgIpc) is 3.07. The van der Waals surface area contributed by atoms with E-state index in [0.717, 1.165) is 16.5 Å². The quantitative estimate of drug-likeness (QED) is 0.499. The molecule has 0 fully saturated rings. The average molecular weight is 379 g/mol. The Morgan fingerprint density at radius 1 is 1.14 bits per heavy atom. The van der Waals surface area contributed by atoms with Gasteiger partial charge in [0, 0.05) is 18.0 Å². The van der Waals surface area contributed by atoms with Gasteiger partial charge in [0.1, 0.15) is 5.58 Å². The van der Waals surface area contributed by atoms with E-state index in [2.05, 4.69) is 5.32 Å². The molecule has 6 heteroatoms. The number of nitrogens with one attached hydrogen (secondary N) is 1. The maximum Gasteiger partial charge on any atom is 0.257 e. The number of ether oxygens (including phenoxy) is 2. The Bertz CT molecular complexity index is 1050. The van der Waals surface area contributed by atoms with Gasteiger partial charge in [-0.3, -0.25) is 9.59 Å². The number of aryl methyl sites for hydroxylation is 1. The second-order valence-electron chi connectivity index (χ2n) is 6.12. The zero-order valence-corrected chi connectivity index (χ0v) is 15.9. The number of carbonyl (C=O) groups excluding carboxylic acids is 2. The van der Waals surface area contributed by atoms with Gasteiger partial charge in [0.05, 0.1) is 7.11 Å². The van der Waals surface area contributed by atoms with Crippen LogP contribution in [0.3, 0.4) is 0 Å². The van der Waals surface area contributed by atoms with Crippen LogP contribution in [-0.4, -0.2) is 32.5 Å². The zero-order chi connectivity index (χ0) is 20.1. The highest BCUT2D eigenvalue weighted by Crippen LogP contribution is 2.29. The molecule has 3 aromatic rings. The molecule has 0 unspecified atom stereocenters. The van der Waals surface area contributed by atoms with Crippen LogP contribution in [0.4, 0.5) is 0 Å². The first-order valence-electron chi connectivity index (χ1n) is 8.75. The van der Waals surface area contributed by atoms with Crippen molar-refractivity contribution in [1.29, 1.82) is 0 Å². The molecule has 0 radical (unpaired) electrons. The summed E-state index contributed by atoms with van der Waals surface area (Å²) in [6, 6.07) is 12.7. The monoisotopic (exact) mass is 379 g/mol. The summed E-state index contributed by atoms with van der Waals surface area (Å²) in [7, 11) is 3.05. The second-order valence-corrected chi connectivity index (χ2v) is 6.12. The molecule has 1 heterocycles. The number of para-hydroxylation sites is 1. The Hall–Kier alpha value is -3.54. The molecule has 0 atom stereocenters. The van der Waals surface area contributed by atoms with Crippen LogP contribution in [-0.2, 0) is 4.79 Å². The predicted molar refractivity (Wildman–Crippen MR) is 107 cm³/mol. The maximum atomic E-state index is 12.6. The molecule has 0 aliphatic carbocycles. The third-order valence-corrected chi connectivity index (χ3v) is 4.32. The van der Waals surface area contributed by atoms with E-state index in [9.17, 15) is 9.59 Å². The predicted octanol–water partition coefficient (Wildman–Crippen LogP) is 3.77. The Morgan fingerprint density at radius 3 is 2.64 bits per heavy atom. The van der Waals surface area contributed by atoms with Crippen molar-refractivity contribution in [2.24, 2.45) is 0 Å². The van der Waals surface area contributed by atoms with Crippen LogP contribution in [0.1, 0.15) is 21.7 Å². The van der Waals surface area contributed by atoms with Crippen LogP contribution in [0.15, 0.2) is 53.0 Å². The second kappa shape index (κ2) is 8.43. The first-order chi connectivity index (χ1) is 13.5. The summed E-state index contributed by atoms with van der Waals surface area (Å²) in [5.74, 6) is 0.793. The van der Waals surface area contributed by atoms with Crippen LogP contribution in [0, 0.1) is 6.92 Å².